The molecule has 4 nitrogen and oxygen atoms in total. The van der Waals surface area contributed by atoms with Crippen LogP contribution in [0, 0.1) is 5.92 Å². The zero-order chi connectivity index (χ0) is 45.4. The van der Waals surface area contributed by atoms with Gasteiger partial charge in [0.15, 0.2) is 0 Å². The fourth-order valence-electron chi connectivity index (χ4n) is 10.4. The Kier molecular flexibility index (Phi) is 48.0. The van der Waals surface area contributed by atoms with Gasteiger partial charge in [0.1, 0.15) is 0 Å². The summed E-state index contributed by atoms with van der Waals surface area (Å²) in [6.07, 6.45) is 58.7. The minimum absolute atomic E-state index is 0.947. The van der Waals surface area contributed by atoms with Gasteiger partial charge in [0.2, 0.25) is 0 Å². The first-order valence-corrected chi connectivity index (χ1v) is 30.1. The van der Waals surface area contributed by atoms with E-state index in [0.29, 0.717) is 0 Å². The maximum absolute atomic E-state index is 2.93. The van der Waals surface area contributed by atoms with E-state index in [4.69, 9.17) is 0 Å². The van der Waals surface area contributed by atoms with E-state index in [1.165, 1.54) is 342 Å². The molecule has 1 aliphatic rings. The second-order valence-corrected chi connectivity index (χ2v) is 21.3. The summed E-state index contributed by atoms with van der Waals surface area (Å²) in [5.41, 5.74) is 0. The van der Waals surface area contributed by atoms with Crippen molar-refractivity contribution in [2.24, 2.45) is 5.92 Å². The van der Waals surface area contributed by atoms with Crippen molar-refractivity contribution in [2.75, 3.05) is 78.5 Å². The second-order valence-electron chi connectivity index (χ2n) is 21.3. The zero-order valence-corrected chi connectivity index (χ0v) is 44.8. The third kappa shape index (κ3) is 41.7. The van der Waals surface area contributed by atoms with Crippen molar-refractivity contribution in [1.29, 1.82) is 0 Å². The number of likely N-dealkylation sites (tertiary alicyclic amines) is 1. The monoisotopic (exact) mass is 887 g/mol. The maximum atomic E-state index is 2.93. The molecule has 0 spiro atoms. The SMILES string of the molecule is CCCCCCCCCCCCN(CCCCCCCCCCCC)CCN(CCCCCCCCCCCC)CCN1CCC(CCN(CCCCCC)CCCCCC)CC1. The molecule has 1 fully saturated rings. The van der Waals surface area contributed by atoms with Gasteiger partial charge in [0.05, 0.1) is 0 Å². The summed E-state index contributed by atoms with van der Waals surface area (Å²) in [4.78, 5) is 11.6. The Morgan fingerprint density at radius 2 is 0.508 bits per heavy atom. The Labute approximate surface area is 400 Å². The lowest BCUT2D eigenvalue weighted by Crippen LogP contribution is -2.43. The molecule has 378 valence electrons. The predicted octanol–water partition coefficient (Wildman–Crippen LogP) is 17.9. The van der Waals surface area contributed by atoms with Crippen LogP contribution in [-0.4, -0.2) is 98.1 Å². The third-order valence-electron chi connectivity index (χ3n) is 15.2. The molecule has 1 saturated heterocycles. The van der Waals surface area contributed by atoms with Crippen molar-refractivity contribution in [3.05, 3.63) is 0 Å². The van der Waals surface area contributed by atoms with Crippen LogP contribution in [0.3, 0.4) is 0 Å². The summed E-state index contributed by atoms with van der Waals surface area (Å²) in [5.74, 6) is 0.947. The Morgan fingerprint density at radius 3 is 0.810 bits per heavy atom. The van der Waals surface area contributed by atoms with Gasteiger partial charge in [-0.05, 0) is 110 Å². The molecule has 1 heterocycles. The molecule has 0 aliphatic carbocycles. The average Bonchev–Trinajstić information content (AvgIpc) is 3.30. The summed E-state index contributed by atoms with van der Waals surface area (Å²) >= 11 is 0. The van der Waals surface area contributed by atoms with E-state index < -0.39 is 0 Å². The molecule has 4 heteroatoms. The molecular formula is C59H122N4. The fourth-order valence-corrected chi connectivity index (χ4v) is 10.4. The summed E-state index contributed by atoms with van der Waals surface area (Å²) in [7, 11) is 0. The van der Waals surface area contributed by atoms with Crippen LogP contribution in [0.4, 0.5) is 0 Å². The highest BCUT2D eigenvalue weighted by Gasteiger charge is 2.21. The first-order chi connectivity index (χ1) is 31.2. The number of nitrogens with zero attached hydrogens (tertiary/aromatic N) is 4. The lowest BCUT2D eigenvalue weighted by Gasteiger charge is -2.35. The topological polar surface area (TPSA) is 13.0 Å². The van der Waals surface area contributed by atoms with Crippen molar-refractivity contribution >= 4 is 0 Å². The molecule has 0 aromatic carbocycles. The van der Waals surface area contributed by atoms with Crippen LogP contribution in [0.5, 0.6) is 0 Å². The molecule has 0 aromatic rings. The van der Waals surface area contributed by atoms with E-state index in [9.17, 15) is 0 Å². The largest absolute Gasteiger partial charge is 0.303 e. The standard InChI is InChI=1S/C59H122N4/c1-6-11-16-21-24-27-30-33-36-41-49-61(50-42-37-34-31-28-25-22-17-12-7-2)55-56-62(51-43-38-35-32-29-26-23-18-13-8-3)57-58-63-53-45-59(46-54-63)44-52-60(47-39-19-14-9-4)48-40-20-15-10-5/h59H,6-58H2,1-5H3. The molecule has 0 unspecified atom stereocenters. The summed E-state index contributed by atoms with van der Waals surface area (Å²) in [5, 5.41) is 0. The fraction of sp³-hybridized carbons (Fsp3) is 1.00. The lowest BCUT2D eigenvalue weighted by molar-refractivity contribution is 0.134. The van der Waals surface area contributed by atoms with Gasteiger partial charge in [-0.25, -0.2) is 0 Å². The first-order valence-electron chi connectivity index (χ1n) is 30.1. The van der Waals surface area contributed by atoms with E-state index in [1.54, 1.807) is 0 Å². The molecular weight excluding hydrogens is 765 g/mol. The van der Waals surface area contributed by atoms with Crippen LogP contribution in [0.25, 0.3) is 0 Å². The van der Waals surface area contributed by atoms with Gasteiger partial charge in [0, 0.05) is 26.2 Å². The number of rotatable bonds is 52. The molecule has 1 aliphatic heterocycles. The summed E-state index contributed by atoms with van der Waals surface area (Å²) in [6.45, 7) is 27.6. The molecule has 63 heavy (non-hydrogen) atoms. The van der Waals surface area contributed by atoms with Crippen molar-refractivity contribution in [2.45, 2.75) is 298 Å². The van der Waals surface area contributed by atoms with Crippen molar-refractivity contribution < 1.29 is 0 Å². The van der Waals surface area contributed by atoms with E-state index in [-0.39, 0.29) is 0 Å². The minimum Gasteiger partial charge on any atom is -0.303 e. The Bertz CT molecular complexity index is 805. The highest BCUT2D eigenvalue weighted by molar-refractivity contribution is 4.76. The van der Waals surface area contributed by atoms with E-state index in [0.717, 1.165) is 5.92 Å². The Morgan fingerprint density at radius 1 is 0.270 bits per heavy atom. The van der Waals surface area contributed by atoms with Crippen LogP contribution in [0.15, 0.2) is 0 Å². The van der Waals surface area contributed by atoms with Crippen LogP contribution in [-0.2, 0) is 0 Å². The molecule has 0 radical (unpaired) electrons. The van der Waals surface area contributed by atoms with Gasteiger partial charge in [0.25, 0.3) is 0 Å². The quantitative estimate of drug-likeness (QED) is 0.0564. The van der Waals surface area contributed by atoms with Gasteiger partial charge in [-0.15, -0.1) is 0 Å². The van der Waals surface area contributed by atoms with Gasteiger partial charge >= 0.3 is 0 Å². The van der Waals surface area contributed by atoms with Crippen LogP contribution in [0.2, 0.25) is 0 Å². The predicted molar refractivity (Wildman–Crippen MR) is 287 cm³/mol. The maximum Gasteiger partial charge on any atom is 0.0110 e. The Balaban J connectivity index is 2.67. The Hall–Kier alpha value is -0.160. The molecule has 0 bridgehead atoms. The summed E-state index contributed by atoms with van der Waals surface area (Å²) in [6, 6.07) is 0. The zero-order valence-electron chi connectivity index (χ0n) is 44.8. The number of hydrogen-bond acceptors (Lipinski definition) is 4. The first kappa shape index (κ1) is 60.9. The van der Waals surface area contributed by atoms with Crippen molar-refractivity contribution in [3.63, 3.8) is 0 Å². The highest BCUT2D eigenvalue weighted by atomic mass is 15.2. The van der Waals surface area contributed by atoms with Gasteiger partial charge in [-0.2, -0.15) is 0 Å². The van der Waals surface area contributed by atoms with Crippen LogP contribution >= 0.6 is 0 Å². The van der Waals surface area contributed by atoms with Crippen molar-refractivity contribution in [3.8, 4) is 0 Å². The van der Waals surface area contributed by atoms with Crippen molar-refractivity contribution in [1.82, 2.24) is 19.6 Å². The molecule has 0 aromatic heterocycles. The summed E-state index contributed by atoms with van der Waals surface area (Å²) < 4.78 is 0. The average molecular weight is 888 g/mol. The molecule has 0 N–H and O–H groups in total. The van der Waals surface area contributed by atoms with E-state index in [2.05, 4.69) is 54.2 Å². The smallest absolute Gasteiger partial charge is 0.0110 e. The third-order valence-corrected chi connectivity index (χ3v) is 15.2. The normalized spacial score (nSPS) is 14.1. The molecule has 1 rings (SSSR count). The molecule has 0 atom stereocenters. The molecule has 0 amide bonds. The van der Waals surface area contributed by atoms with Crippen LogP contribution in [0.1, 0.15) is 298 Å². The van der Waals surface area contributed by atoms with Gasteiger partial charge < -0.3 is 19.6 Å². The van der Waals surface area contributed by atoms with Gasteiger partial charge in [-0.3, -0.25) is 0 Å². The second kappa shape index (κ2) is 49.7. The van der Waals surface area contributed by atoms with Crippen LogP contribution < -0.4 is 0 Å². The van der Waals surface area contributed by atoms with E-state index in [1.807, 2.05) is 0 Å². The number of hydrogen-bond donors (Lipinski definition) is 0. The number of piperidine rings is 1. The van der Waals surface area contributed by atoms with E-state index >= 15 is 0 Å². The lowest BCUT2D eigenvalue weighted by atomic mass is 9.93. The number of unbranched alkanes of at least 4 members (excludes halogenated alkanes) is 33. The molecule has 0 saturated carbocycles. The minimum atomic E-state index is 0.947. The van der Waals surface area contributed by atoms with Gasteiger partial charge in [-0.1, -0.05) is 247 Å². The highest BCUT2D eigenvalue weighted by Crippen LogP contribution is 2.22.